The van der Waals surface area contributed by atoms with Gasteiger partial charge in [0.15, 0.2) is 0 Å². The van der Waals surface area contributed by atoms with Gasteiger partial charge < -0.3 is 9.57 Å². The van der Waals surface area contributed by atoms with E-state index in [1.165, 1.54) is 38.5 Å². The van der Waals surface area contributed by atoms with Crippen LogP contribution in [0.1, 0.15) is 77.6 Å². The Hall–Kier alpha value is -1.06. The van der Waals surface area contributed by atoms with E-state index in [2.05, 4.69) is 16.8 Å². The average Bonchev–Trinajstić information content (AvgIpc) is 2.89. The highest BCUT2D eigenvalue weighted by Gasteiger charge is 2.19. The predicted molar refractivity (Wildman–Crippen MR) is 80.8 cm³/mol. The SMILES string of the molecule is CCCC1=NOC(CCCCCCCCC(=O)OC)C1. The number of rotatable bonds is 11. The first-order chi connectivity index (χ1) is 9.76. The molecule has 0 amide bonds. The number of ether oxygens (including phenoxy) is 1. The summed E-state index contributed by atoms with van der Waals surface area (Å²) in [5, 5.41) is 4.14. The van der Waals surface area contributed by atoms with Gasteiger partial charge in [-0.1, -0.05) is 44.2 Å². The lowest BCUT2D eigenvalue weighted by molar-refractivity contribution is -0.140. The van der Waals surface area contributed by atoms with Crippen LogP contribution in [0.25, 0.3) is 0 Å². The van der Waals surface area contributed by atoms with Crippen LogP contribution in [0.3, 0.4) is 0 Å². The molecule has 0 bridgehead atoms. The largest absolute Gasteiger partial charge is 0.469 e. The topological polar surface area (TPSA) is 47.9 Å². The Morgan fingerprint density at radius 3 is 2.65 bits per heavy atom. The average molecular weight is 283 g/mol. The molecule has 1 unspecified atom stereocenters. The van der Waals surface area contributed by atoms with Crippen molar-refractivity contribution in [2.45, 2.75) is 83.7 Å². The smallest absolute Gasteiger partial charge is 0.305 e. The van der Waals surface area contributed by atoms with Crippen LogP contribution >= 0.6 is 0 Å². The first kappa shape index (κ1) is 17.0. The van der Waals surface area contributed by atoms with Crippen molar-refractivity contribution in [3.05, 3.63) is 0 Å². The molecule has 1 heterocycles. The molecule has 116 valence electrons. The standard InChI is InChI=1S/C16H29NO3/c1-3-10-14-13-15(20-17-14)11-8-6-4-5-7-9-12-16(18)19-2/h15H,3-13H2,1-2H3. The molecule has 0 N–H and O–H groups in total. The highest BCUT2D eigenvalue weighted by atomic mass is 16.6. The van der Waals surface area contributed by atoms with Gasteiger partial charge in [-0.05, 0) is 25.7 Å². The quantitative estimate of drug-likeness (QED) is 0.421. The third kappa shape index (κ3) is 7.51. The van der Waals surface area contributed by atoms with Gasteiger partial charge in [0, 0.05) is 12.8 Å². The van der Waals surface area contributed by atoms with E-state index in [1.54, 1.807) is 0 Å². The number of esters is 1. The summed E-state index contributed by atoms with van der Waals surface area (Å²) < 4.78 is 4.61. The van der Waals surface area contributed by atoms with E-state index in [-0.39, 0.29) is 5.97 Å². The zero-order chi connectivity index (χ0) is 14.6. The molecule has 0 fully saturated rings. The molecule has 0 aromatic carbocycles. The van der Waals surface area contributed by atoms with Crippen molar-refractivity contribution in [1.82, 2.24) is 0 Å². The first-order valence-electron chi connectivity index (χ1n) is 8.04. The Kier molecular flexibility index (Phi) is 9.09. The van der Waals surface area contributed by atoms with E-state index < -0.39 is 0 Å². The number of hydrogen-bond acceptors (Lipinski definition) is 4. The number of carbonyl (C=O) groups excluding carboxylic acids is 1. The molecular weight excluding hydrogens is 254 g/mol. The van der Waals surface area contributed by atoms with Gasteiger partial charge >= 0.3 is 5.97 Å². The number of nitrogens with zero attached hydrogens (tertiary/aromatic N) is 1. The third-order valence-electron chi connectivity index (χ3n) is 3.72. The summed E-state index contributed by atoms with van der Waals surface area (Å²) >= 11 is 0. The molecule has 1 atom stereocenters. The van der Waals surface area contributed by atoms with Gasteiger partial charge in [0.25, 0.3) is 0 Å². The Bertz CT molecular complexity index is 302. The molecule has 1 aliphatic rings. The summed E-state index contributed by atoms with van der Waals surface area (Å²) in [6.07, 6.45) is 12.3. The second-order valence-corrected chi connectivity index (χ2v) is 5.58. The Balaban J connectivity index is 1.85. The highest BCUT2D eigenvalue weighted by Crippen LogP contribution is 2.19. The fraction of sp³-hybridized carbons (Fsp3) is 0.875. The van der Waals surface area contributed by atoms with E-state index >= 15 is 0 Å². The minimum absolute atomic E-state index is 0.0914. The van der Waals surface area contributed by atoms with Gasteiger partial charge in [-0.2, -0.15) is 0 Å². The van der Waals surface area contributed by atoms with Crippen molar-refractivity contribution < 1.29 is 14.4 Å². The van der Waals surface area contributed by atoms with Crippen molar-refractivity contribution in [3.8, 4) is 0 Å². The summed E-state index contributed by atoms with van der Waals surface area (Å²) in [5.74, 6) is -0.0914. The predicted octanol–water partition coefficient (Wildman–Crippen LogP) is 4.23. The monoisotopic (exact) mass is 283 g/mol. The minimum Gasteiger partial charge on any atom is -0.469 e. The lowest BCUT2D eigenvalue weighted by Crippen LogP contribution is -2.07. The number of methoxy groups -OCH3 is 1. The molecule has 4 nitrogen and oxygen atoms in total. The van der Waals surface area contributed by atoms with Crippen LogP contribution < -0.4 is 0 Å². The summed E-state index contributed by atoms with van der Waals surface area (Å²) in [7, 11) is 1.45. The van der Waals surface area contributed by atoms with Crippen molar-refractivity contribution in [1.29, 1.82) is 0 Å². The number of hydrogen-bond donors (Lipinski definition) is 0. The van der Waals surface area contributed by atoms with Crippen LogP contribution in [0, 0.1) is 0 Å². The van der Waals surface area contributed by atoms with Crippen LogP contribution in [0.5, 0.6) is 0 Å². The van der Waals surface area contributed by atoms with Gasteiger partial charge in [0.1, 0.15) is 6.10 Å². The van der Waals surface area contributed by atoms with Crippen molar-refractivity contribution in [2.24, 2.45) is 5.16 Å². The van der Waals surface area contributed by atoms with Gasteiger partial charge in [-0.15, -0.1) is 0 Å². The van der Waals surface area contributed by atoms with Crippen LogP contribution in [0.2, 0.25) is 0 Å². The molecule has 0 aromatic rings. The summed E-state index contributed by atoms with van der Waals surface area (Å²) in [6.45, 7) is 2.18. The summed E-state index contributed by atoms with van der Waals surface area (Å²) in [6, 6.07) is 0. The Morgan fingerprint density at radius 1 is 1.25 bits per heavy atom. The molecule has 0 aliphatic carbocycles. The maximum absolute atomic E-state index is 10.9. The Morgan fingerprint density at radius 2 is 1.95 bits per heavy atom. The number of oxime groups is 1. The van der Waals surface area contributed by atoms with Crippen molar-refractivity contribution in [2.75, 3.05) is 7.11 Å². The van der Waals surface area contributed by atoms with Crippen LogP contribution in [-0.2, 0) is 14.4 Å². The van der Waals surface area contributed by atoms with Gasteiger partial charge in [-0.3, -0.25) is 4.79 Å². The molecular formula is C16H29NO3. The molecule has 20 heavy (non-hydrogen) atoms. The van der Waals surface area contributed by atoms with Crippen LogP contribution in [-0.4, -0.2) is 24.9 Å². The van der Waals surface area contributed by atoms with Crippen molar-refractivity contribution >= 4 is 11.7 Å². The molecule has 0 radical (unpaired) electrons. The third-order valence-corrected chi connectivity index (χ3v) is 3.72. The fourth-order valence-electron chi connectivity index (χ4n) is 2.53. The lowest BCUT2D eigenvalue weighted by Gasteiger charge is -2.07. The Labute approximate surface area is 122 Å². The molecule has 0 saturated heterocycles. The van der Waals surface area contributed by atoms with E-state index in [0.717, 1.165) is 38.5 Å². The first-order valence-corrected chi connectivity index (χ1v) is 8.04. The zero-order valence-electron chi connectivity index (χ0n) is 13.0. The van der Waals surface area contributed by atoms with Crippen LogP contribution in [0.4, 0.5) is 0 Å². The molecule has 0 saturated carbocycles. The zero-order valence-corrected chi connectivity index (χ0v) is 13.0. The van der Waals surface area contributed by atoms with Gasteiger partial charge in [0.2, 0.25) is 0 Å². The van der Waals surface area contributed by atoms with E-state index in [1.807, 2.05) is 0 Å². The van der Waals surface area contributed by atoms with E-state index in [0.29, 0.717) is 12.5 Å². The number of unbranched alkanes of at least 4 members (excludes halogenated alkanes) is 5. The van der Waals surface area contributed by atoms with E-state index in [4.69, 9.17) is 4.84 Å². The normalized spacial score (nSPS) is 17.7. The lowest BCUT2D eigenvalue weighted by atomic mass is 10.0. The van der Waals surface area contributed by atoms with Crippen LogP contribution in [0.15, 0.2) is 5.16 Å². The molecule has 0 spiro atoms. The maximum atomic E-state index is 10.9. The second-order valence-electron chi connectivity index (χ2n) is 5.58. The maximum Gasteiger partial charge on any atom is 0.305 e. The number of carbonyl (C=O) groups is 1. The molecule has 1 rings (SSSR count). The van der Waals surface area contributed by atoms with Gasteiger partial charge in [0.05, 0.1) is 12.8 Å². The molecule has 0 aromatic heterocycles. The second kappa shape index (κ2) is 10.7. The molecule has 1 aliphatic heterocycles. The fourth-order valence-corrected chi connectivity index (χ4v) is 2.53. The highest BCUT2D eigenvalue weighted by molar-refractivity contribution is 5.85. The van der Waals surface area contributed by atoms with Gasteiger partial charge in [-0.25, -0.2) is 0 Å². The molecule has 4 heteroatoms. The van der Waals surface area contributed by atoms with Crippen molar-refractivity contribution in [3.63, 3.8) is 0 Å². The van der Waals surface area contributed by atoms with E-state index in [9.17, 15) is 4.79 Å². The summed E-state index contributed by atoms with van der Waals surface area (Å²) in [5.41, 5.74) is 1.24. The summed E-state index contributed by atoms with van der Waals surface area (Å²) in [4.78, 5) is 16.4. The minimum atomic E-state index is -0.0914.